The number of anilines is 1. The molecule has 0 unspecified atom stereocenters. The molecular formula is C24H27F3N6S. The van der Waals surface area contributed by atoms with Crippen molar-refractivity contribution in [3.8, 4) is 11.5 Å². The third-order valence-electron chi connectivity index (χ3n) is 6.73. The van der Waals surface area contributed by atoms with Gasteiger partial charge in [0.2, 0.25) is 0 Å². The van der Waals surface area contributed by atoms with E-state index in [4.69, 9.17) is 0 Å². The van der Waals surface area contributed by atoms with Gasteiger partial charge in [-0.2, -0.15) is 13.2 Å². The monoisotopic (exact) mass is 488 g/mol. The molecule has 2 atom stereocenters. The number of rotatable bonds is 7. The number of alkyl halides is 3. The van der Waals surface area contributed by atoms with Crippen LogP contribution in [0, 0.1) is 5.92 Å². The lowest BCUT2D eigenvalue weighted by molar-refractivity contribution is -0.137. The average Bonchev–Trinajstić information content (AvgIpc) is 3.51. The fourth-order valence-electron chi connectivity index (χ4n) is 5.00. The van der Waals surface area contributed by atoms with E-state index >= 15 is 0 Å². The Hall–Kier alpha value is -2.59. The summed E-state index contributed by atoms with van der Waals surface area (Å²) in [5.74, 6) is 2.29. The van der Waals surface area contributed by atoms with Crippen molar-refractivity contribution in [1.29, 1.82) is 0 Å². The summed E-state index contributed by atoms with van der Waals surface area (Å²) in [6.45, 7) is 3.94. The molecule has 0 saturated carbocycles. The summed E-state index contributed by atoms with van der Waals surface area (Å²) in [7, 11) is 1.96. The van der Waals surface area contributed by atoms with Crippen LogP contribution in [0.15, 0.2) is 53.8 Å². The second-order valence-corrected chi connectivity index (χ2v) is 9.96. The minimum absolute atomic E-state index is 0.379. The Morgan fingerprint density at radius 2 is 1.88 bits per heavy atom. The summed E-state index contributed by atoms with van der Waals surface area (Å²) >= 11 is 1.70. The van der Waals surface area contributed by atoms with Gasteiger partial charge in [-0.1, -0.05) is 17.8 Å². The van der Waals surface area contributed by atoms with Crippen molar-refractivity contribution in [3.63, 3.8) is 0 Å². The van der Waals surface area contributed by atoms with Gasteiger partial charge in [-0.3, -0.25) is 4.98 Å². The molecule has 2 aliphatic rings. The lowest BCUT2D eigenvalue weighted by Crippen LogP contribution is -2.35. The number of aromatic nitrogens is 4. The molecule has 0 amide bonds. The summed E-state index contributed by atoms with van der Waals surface area (Å²) in [5, 5.41) is 9.49. The van der Waals surface area contributed by atoms with Crippen LogP contribution in [-0.4, -0.2) is 62.6 Å². The van der Waals surface area contributed by atoms with Crippen LogP contribution in [0.3, 0.4) is 0 Å². The summed E-state index contributed by atoms with van der Waals surface area (Å²) < 4.78 is 40.6. The highest BCUT2D eigenvalue weighted by Gasteiger charge is 2.41. The van der Waals surface area contributed by atoms with Crippen LogP contribution in [0.25, 0.3) is 11.5 Å². The van der Waals surface area contributed by atoms with Gasteiger partial charge in [0.05, 0.1) is 5.56 Å². The number of hydrogen-bond donors (Lipinski definition) is 0. The number of halogens is 3. The Kier molecular flexibility index (Phi) is 6.52. The van der Waals surface area contributed by atoms with Crippen molar-refractivity contribution in [2.45, 2.75) is 30.2 Å². The molecule has 1 aromatic carbocycles. The first-order valence-corrected chi connectivity index (χ1v) is 12.5. The maximum absolute atomic E-state index is 12.9. The molecule has 0 radical (unpaired) electrons. The van der Waals surface area contributed by atoms with Gasteiger partial charge in [0.15, 0.2) is 11.0 Å². The van der Waals surface area contributed by atoms with Crippen molar-refractivity contribution in [3.05, 3.63) is 54.2 Å². The minimum atomic E-state index is -4.29. The van der Waals surface area contributed by atoms with E-state index in [9.17, 15) is 13.2 Å². The van der Waals surface area contributed by atoms with Gasteiger partial charge in [-0.05, 0) is 61.7 Å². The third-order valence-corrected chi connectivity index (χ3v) is 7.83. The zero-order valence-electron chi connectivity index (χ0n) is 18.9. The molecule has 2 aliphatic heterocycles. The van der Waals surface area contributed by atoms with Crippen molar-refractivity contribution in [2.75, 3.05) is 36.8 Å². The Balaban J connectivity index is 1.11. The molecule has 0 bridgehead atoms. The highest BCUT2D eigenvalue weighted by Crippen LogP contribution is 2.37. The van der Waals surface area contributed by atoms with Crippen LogP contribution >= 0.6 is 11.8 Å². The number of hydrogen-bond acceptors (Lipinski definition) is 6. The molecule has 34 heavy (non-hydrogen) atoms. The Labute approximate surface area is 201 Å². The predicted molar refractivity (Wildman–Crippen MR) is 127 cm³/mol. The molecule has 6 nitrogen and oxygen atoms in total. The normalized spacial score (nSPS) is 20.8. The SMILES string of the molecule is Cn1c(SCCCN2C[C@@H]3CCN(c4ccc(C(F)(F)F)cc4)[C@@H]3C2)nnc1-c1ccccn1. The number of nitrogens with zero attached hydrogens (tertiary/aromatic N) is 6. The molecular weight excluding hydrogens is 461 g/mol. The summed E-state index contributed by atoms with van der Waals surface area (Å²) in [4.78, 5) is 9.13. The van der Waals surface area contributed by atoms with Gasteiger partial charge in [0, 0.05) is 50.4 Å². The highest BCUT2D eigenvalue weighted by atomic mass is 32.2. The maximum Gasteiger partial charge on any atom is 0.416 e. The molecule has 2 fully saturated rings. The van der Waals surface area contributed by atoms with Crippen molar-refractivity contribution in [1.82, 2.24) is 24.6 Å². The lowest BCUT2D eigenvalue weighted by atomic mass is 10.0. The van der Waals surface area contributed by atoms with E-state index in [-0.39, 0.29) is 0 Å². The van der Waals surface area contributed by atoms with Gasteiger partial charge in [0.25, 0.3) is 0 Å². The minimum Gasteiger partial charge on any atom is -0.367 e. The molecule has 0 spiro atoms. The molecule has 2 saturated heterocycles. The standard InChI is InChI=1S/C24H27F3N6S/c1-31-22(20-5-2-3-11-28-20)29-30-23(31)34-14-4-12-32-15-17-10-13-33(21(17)16-32)19-8-6-18(7-9-19)24(25,26)27/h2-3,5-9,11,17,21H,4,10,12-16H2,1H3/t17-,21+/m0/s1. The molecule has 0 N–H and O–H groups in total. The van der Waals surface area contributed by atoms with Gasteiger partial charge in [-0.15, -0.1) is 10.2 Å². The first kappa shape index (κ1) is 23.2. The van der Waals surface area contributed by atoms with Gasteiger partial charge < -0.3 is 14.4 Å². The topological polar surface area (TPSA) is 50.1 Å². The first-order valence-electron chi connectivity index (χ1n) is 11.5. The van der Waals surface area contributed by atoms with Gasteiger partial charge in [0.1, 0.15) is 5.69 Å². The molecule has 10 heteroatoms. The number of benzene rings is 1. The van der Waals surface area contributed by atoms with E-state index < -0.39 is 11.7 Å². The van der Waals surface area contributed by atoms with E-state index in [0.717, 1.165) is 67.1 Å². The van der Waals surface area contributed by atoms with Crippen molar-refractivity contribution in [2.24, 2.45) is 13.0 Å². The summed E-state index contributed by atoms with van der Waals surface area (Å²) in [5.41, 5.74) is 1.11. The highest BCUT2D eigenvalue weighted by molar-refractivity contribution is 7.99. The fourth-order valence-corrected chi connectivity index (χ4v) is 5.84. The van der Waals surface area contributed by atoms with E-state index in [2.05, 4.69) is 25.0 Å². The lowest BCUT2D eigenvalue weighted by Gasteiger charge is -2.27. The number of fused-ring (bicyclic) bond motifs is 1. The van der Waals surface area contributed by atoms with Gasteiger partial charge in [-0.25, -0.2) is 0 Å². The van der Waals surface area contributed by atoms with Gasteiger partial charge >= 0.3 is 6.18 Å². The van der Waals surface area contributed by atoms with Crippen molar-refractivity contribution < 1.29 is 13.2 Å². The fraction of sp³-hybridized carbons (Fsp3) is 0.458. The molecule has 0 aliphatic carbocycles. The third kappa shape index (κ3) is 4.79. The Morgan fingerprint density at radius 3 is 2.62 bits per heavy atom. The molecule has 180 valence electrons. The smallest absolute Gasteiger partial charge is 0.367 e. The average molecular weight is 489 g/mol. The zero-order chi connectivity index (χ0) is 23.7. The summed E-state index contributed by atoms with van der Waals surface area (Å²) in [6, 6.07) is 11.7. The van der Waals surface area contributed by atoms with Crippen LogP contribution < -0.4 is 4.90 Å². The van der Waals surface area contributed by atoms with E-state index in [0.29, 0.717) is 12.0 Å². The largest absolute Gasteiger partial charge is 0.416 e. The van der Waals surface area contributed by atoms with Crippen LogP contribution in [-0.2, 0) is 13.2 Å². The van der Waals surface area contributed by atoms with Crippen LogP contribution in [0.4, 0.5) is 18.9 Å². The number of thioether (sulfide) groups is 1. The van der Waals surface area contributed by atoms with Crippen LogP contribution in [0.1, 0.15) is 18.4 Å². The number of likely N-dealkylation sites (tertiary alicyclic amines) is 1. The molecule has 2 aromatic heterocycles. The first-order chi connectivity index (χ1) is 16.4. The van der Waals surface area contributed by atoms with Crippen LogP contribution in [0.5, 0.6) is 0 Å². The second kappa shape index (κ2) is 9.58. The van der Waals surface area contributed by atoms with E-state index in [1.54, 1.807) is 30.1 Å². The Bertz CT molecular complexity index is 1100. The second-order valence-electron chi connectivity index (χ2n) is 8.90. The zero-order valence-corrected chi connectivity index (χ0v) is 19.8. The van der Waals surface area contributed by atoms with Crippen molar-refractivity contribution >= 4 is 17.4 Å². The van der Waals surface area contributed by atoms with E-state index in [1.165, 1.54) is 12.1 Å². The molecule has 5 rings (SSSR count). The Morgan fingerprint density at radius 1 is 1.06 bits per heavy atom. The quantitative estimate of drug-likeness (QED) is 0.358. The van der Waals surface area contributed by atoms with E-state index in [1.807, 2.05) is 29.8 Å². The van der Waals surface area contributed by atoms with Crippen LogP contribution in [0.2, 0.25) is 0 Å². The molecule has 4 heterocycles. The molecule has 3 aromatic rings. The predicted octanol–water partition coefficient (Wildman–Crippen LogP) is 4.59. The maximum atomic E-state index is 12.9. The summed E-state index contributed by atoms with van der Waals surface area (Å²) in [6.07, 6.45) is -0.414. The number of pyridine rings is 1.